The van der Waals surface area contributed by atoms with Crippen molar-refractivity contribution in [2.24, 2.45) is 5.73 Å². The summed E-state index contributed by atoms with van der Waals surface area (Å²) in [5, 5.41) is 0. The van der Waals surface area contributed by atoms with E-state index >= 15 is 0 Å². The molecule has 2 heteroatoms. The molecule has 0 amide bonds. The molecule has 1 aromatic carbocycles. The standard InChI is InChI=1S/C18H30N2/c1-4-20(17-8-6-5-7-9-17)18-11-10-14(2)12-16(18)13-15(3)19/h10-12,15,17H,4-9,13,19H2,1-3H3. The quantitative estimate of drug-likeness (QED) is 0.878. The minimum Gasteiger partial charge on any atom is -0.369 e. The van der Waals surface area contributed by atoms with Crippen LogP contribution in [0.25, 0.3) is 0 Å². The number of rotatable bonds is 5. The van der Waals surface area contributed by atoms with Gasteiger partial charge in [-0.25, -0.2) is 0 Å². The minimum atomic E-state index is 0.223. The molecular weight excluding hydrogens is 244 g/mol. The second-order valence-corrected chi connectivity index (χ2v) is 6.39. The lowest BCUT2D eigenvalue weighted by Crippen LogP contribution is -2.37. The van der Waals surface area contributed by atoms with Gasteiger partial charge in [0.2, 0.25) is 0 Å². The van der Waals surface area contributed by atoms with Crippen LogP contribution in [0.5, 0.6) is 0 Å². The fourth-order valence-electron chi connectivity index (χ4n) is 3.52. The zero-order valence-corrected chi connectivity index (χ0v) is 13.4. The van der Waals surface area contributed by atoms with Gasteiger partial charge >= 0.3 is 0 Å². The lowest BCUT2D eigenvalue weighted by molar-refractivity contribution is 0.417. The molecule has 0 aromatic heterocycles. The van der Waals surface area contributed by atoms with Crippen LogP contribution in [0.3, 0.4) is 0 Å². The maximum absolute atomic E-state index is 6.04. The molecular formula is C18H30N2. The summed E-state index contributed by atoms with van der Waals surface area (Å²) in [5.41, 5.74) is 10.2. The largest absolute Gasteiger partial charge is 0.369 e. The Kier molecular flexibility index (Phi) is 5.47. The third kappa shape index (κ3) is 3.76. The average Bonchev–Trinajstić information content (AvgIpc) is 2.42. The molecule has 2 nitrogen and oxygen atoms in total. The van der Waals surface area contributed by atoms with Gasteiger partial charge in [-0.05, 0) is 51.7 Å². The second kappa shape index (κ2) is 7.12. The molecule has 1 aliphatic rings. The van der Waals surface area contributed by atoms with Crippen LogP contribution >= 0.6 is 0 Å². The van der Waals surface area contributed by atoms with Crippen molar-refractivity contribution in [3.05, 3.63) is 29.3 Å². The third-order valence-electron chi connectivity index (χ3n) is 4.44. The summed E-state index contributed by atoms with van der Waals surface area (Å²) in [6.45, 7) is 7.65. The van der Waals surface area contributed by atoms with E-state index in [-0.39, 0.29) is 6.04 Å². The molecule has 0 radical (unpaired) electrons. The molecule has 1 aromatic rings. The van der Waals surface area contributed by atoms with Gasteiger partial charge in [-0.15, -0.1) is 0 Å². The number of nitrogens with zero attached hydrogens (tertiary/aromatic N) is 1. The van der Waals surface area contributed by atoms with Crippen molar-refractivity contribution in [3.63, 3.8) is 0 Å². The van der Waals surface area contributed by atoms with E-state index in [0.717, 1.165) is 19.0 Å². The molecule has 2 N–H and O–H groups in total. The third-order valence-corrected chi connectivity index (χ3v) is 4.44. The number of anilines is 1. The van der Waals surface area contributed by atoms with Crippen LogP contribution in [-0.4, -0.2) is 18.6 Å². The maximum atomic E-state index is 6.04. The monoisotopic (exact) mass is 274 g/mol. The predicted octanol–water partition coefficient (Wildman–Crippen LogP) is 4.04. The summed E-state index contributed by atoms with van der Waals surface area (Å²) in [7, 11) is 0. The average molecular weight is 274 g/mol. The van der Waals surface area contributed by atoms with Crippen LogP contribution in [0.2, 0.25) is 0 Å². The van der Waals surface area contributed by atoms with Crippen LogP contribution in [0.4, 0.5) is 5.69 Å². The van der Waals surface area contributed by atoms with E-state index in [2.05, 4.69) is 43.9 Å². The molecule has 0 heterocycles. The summed E-state index contributed by atoms with van der Waals surface area (Å²) in [6, 6.07) is 7.82. The van der Waals surface area contributed by atoms with E-state index in [1.807, 2.05) is 0 Å². The first-order valence-corrected chi connectivity index (χ1v) is 8.23. The van der Waals surface area contributed by atoms with Gasteiger partial charge in [0.1, 0.15) is 0 Å². The Hall–Kier alpha value is -1.02. The molecule has 1 atom stereocenters. The molecule has 2 rings (SSSR count). The Morgan fingerprint density at radius 3 is 2.55 bits per heavy atom. The highest BCUT2D eigenvalue weighted by atomic mass is 15.2. The first-order chi connectivity index (χ1) is 9.61. The lowest BCUT2D eigenvalue weighted by atomic mass is 9.92. The van der Waals surface area contributed by atoms with Gasteiger partial charge in [-0.1, -0.05) is 37.0 Å². The van der Waals surface area contributed by atoms with E-state index in [4.69, 9.17) is 5.73 Å². The van der Waals surface area contributed by atoms with E-state index in [1.54, 1.807) is 0 Å². The normalized spacial score (nSPS) is 18.0. The van der Waals surface area contributed by atoms with Gasteiger partial charge in [-0.2, -0.15) is 0 Å². The molecule has 0 aliphatic heterocycles. The lowest BCUT2D eigenvalue weighted by Gasteiger charge is -2.37. The number of hydrogen-bond acceptors (Lipinski definition) is 2. The molecule has 112 valence electrons. The molecule has 0 bridgehead atoms. The van der Waals surface area contributed by atoms with E-state index in [9.17, 15) is 0 Å². The smallest absolute Gasteiger partial charge is 0.0401 e. The zero-order chi connectivity index (χ0) is 14.5. The molecule has 0 saturated heterocycles. The van der Waals surface area contributed by atoms with Gasteiger partial charge in [-0.3, -0.25) is 0 Å². The molecule has 1 unspecified atom stereocenters. The van der Waals surface area contributed by atoms with Gasteiger partial charge in [0, 0.05) is 24.3 Å². The van der Waals surface area contributed by atoms with Gasteiger partial charge in [0.15, 0.2) is 0 Å². The fraction of sp³-hybridized carbons (Fsp3) is 0.667. The summed E-state index contributed by atoms with van der Waals surface area (Å²) < 4.78 is 0. The van der Waals surface area contributed by atoms with E-state index in [0.29, 0.717) is 0 Å². The van der Waals surface area contributed by atoms with Crippen molar-refractivity contribution >= 4 is 5.69 Å². The SMILES string of the molecule is CCN(c1ccc(C)cc1CC(C)N)C1CCCCC1. The van der Waals surface area contributed by atoms with Crippen molar-refractivity contribution in [2.75, 3.05) is 11.4 Å². The summed E-state index contributed by atoms with van der Waals surface area (Å²) >= 11 is 0. The Morgan fingerprint density at radius 2 is 1.95 bits per heavy atom. The Morgan fingerprint density at radius 1 is 1.25 bits per heavy atom. The fourth-order valence-corrected chi connectivity index (χ4v) is 3.52. The maximum Gasteiger partial charge on any atom is 0.0401 e. The van der Waals surface area contributed by atoms with Crippen molar-refractivity contribution in [1.82, 2.24) is 0 Å². The van der Waals surface area contributed by atoms with Crippen molar-refractivity contribution in [1.29, 1.82) is 0 Å². The van der Waals surface area contributed by atoms with Crippen LogP contribution in [0, 0.1) is 6.92 Å². The Balaban J connectivity index is 2.27. The van der Waals surface area contributed by atoms with Crippen molar-refractivity contribution in [3.8, 4) is 0 Å². The second-order valence-electron chi connectivity index (χ2n) is 6.39. The zero-order valence-electron chi connectivity index (χ0n) is 13.4. The van der Waals surface area contributed by atoms with Gasteiger partial charge < -0.3 is 10.6 Å². The van der Waals surface area contributed by atoms with Crippen LogP contribution < -0.4 is 10.6 Å². The van der Waals surface area contributed by atoms with Gasteiger partial charge in [0.25, 0.3) is 0 Å². The molecule has 0 spiro atoms. The van der Waals surface area contributed by atoms with Crippen LogP contribution in [0.1, 0.15) is 57.1 Å². The topological polar surface area (TPSA) is 29.3 Å². The minimum absolute atomic E-state index is 0.223. The van der Waals surface area contributed by atoms with Crippen LogP contribution in [-0.2, 0) is 6.42 Å². The highest BCUT2D eigenvalue weighted by Crippen LogP contribution is 2.30. The molecule has 1 fully saturated rings. The van der Waals surface area contributed by atoms with Crippen LogP contribution in [0.15, 0.2) is 18.2 Å². The number of hydrogen-bond donors (Lipinski definition) is 1. The predicted molar refractivity (Wildman–Crippen MR) is 88.4 cm³/mol. The first kappa shape index (κ1) is 15.4. The van der Waals surface area contributed by atoms with Crippen molar-refractivity contribution < 1.29 is 0 Å². The number of benzene rings is 1. The van der Waals surface area contributed by atoms with E-state index in [1.165, 1.54) is 48.9 Å². The number of aryl methyl sites for hydroxylation is 1. The summed E-state index contributed by atoms with van der Waals surface area (Å²) in [5.74, 6) is 0. The molecule has 20 heavy (non-hydrogen) atoms. The van der Waals surface area contributed by atoms with Crippen molar-refractivity contribution in [2.45, 2.75) is 71.4 Å². The van der Waals surface area contributed by atoms with E-state index < -0.39 is 0 Å². The summed E-state index contributed by atoms with van der Waals surface area (Å²) in [4.78, 5) is 2.62. The highest BCUT2D eigenvalue weighted by molar-refractivity contribution is 5.56. The molecule has 1 aliphatic carbocycles. The molecule has 1 saturated carbocycles. The summed E-state index contributed by atoms with van der Waals surface area (Å²) in [6.07, 6.45) is 7.85. The highest BCUT2D eigenvalue weighted by Gasteiger charge is 2.22. The Bertz CT molecular complexity index is 419. The Labute approximate surface area is 124 Å². The number of nitrogens with two attached hydrogens (primary N) is 1. The van der Waals surface area contributed by atoms with Gasteiger partial charge in [0.05, 0.1) is 0 Å². The first-order valence-electron chi connectivity index (χ1n) is 8.23.